The Balaban J connectivity index is 1.84. The van der Waals surface area contributed by atoms with Gasteiger partial charge in [0.05, 0.1) is 31.5 Å². The lowest BCUT2D eigenvalue weighted by molar-refractivity contribution is 0.184. The quantitative estimate of drug-likeness (QED) is 0.595. The van der Waals surface area contributed by atoms with E-state index in [9.17, 15) is 9.18 Å². The Labute approximate surface area is 203 Å². The predicted octanol–water partition coefficient (Wildman–Crippen LogP) is 4.72. The number of hydrazone groups is 1. The zero-order valence-electron chi connectivity index (χ0n) is 19.9. The normalized spacial score (nSPS) is 14.8. The fraction of sp³-hybridized carbons (Fsp3) is 0.222. The van der Waals surface area contributed by atoms with Crippen LogP contribution >= 0.6 is 0 Å². The standard InChI is InChI=1S/C27H25FN4O3/c1-16-11-20-13-24(34-3)25(35-4)14-22(20)26(31-32(16)27(33)30-2)18-7-5-17(6-8-18)19-9-10-23(28)21(12-19)15-29/h5-10,12-14,16H,11H2,1-4H3,(H,30,33). The molecule has 8 heteroatoms. The third-order valence-corrected chi connectivity index (χ3v) is 6.01. The Morgan fingerprint density at radius 1 is 1.06 bits per heavy atom. The van der Waals surface area contributed by atoms with Gasteiger partial charge in [0, 0.05) is 18.2 Å². The van der Waals surface area contributed by atoms with Gasteiger partial charge in [0.2, 0.25) is 0 Å². The number of urea groups is 1. The van der Waals surface area contributed by atoms with E-state index in [1.165, 1.54) is 17.1 Å². The number of ether oxygens (including phenoxy) is 2. The van der Waals surface area contributed by atoms with Gasteiger partial charge in [0.15, 0.2) is 11.5 Å². The molecule has 3 aromatic carbocycles. The highest BCUT2D eigenvalue weighted by molar-refractivity contribution is 6.14. The number of hydrogen-bond acceptors (Lipinski definition) is 5. The molecule has 4 rings (SSSR count). The highest BCUT2D eigenvalue weighted by Gasteiger charge is 2.28. The molecule has 2 amide bonds. The number of amides is 2. The second-order valence-corrected chi connectivity index (χ2v) is 8.15. The van der Waals surface area contributed by atoms with Gasteiger partial charge in [-0.2, -0.15) is 10.4 Å². The molecule has 0 aromatic heterocycles. The highest BCUT2D eigenvalue weighted by atomic mass is 19.1. The molecule has 0 bridgehead atoms. The molecule has 1 aliphatic heterocycles. The molecule has 3 aromatic rings. The summed E-state index contributed by atoms with van der Waals surface area (Å²) in [6.45, 7) is 1.94. The van der Waals surface area contributed by atoms with Crippen LogP contribution in [0.1, 0.15) is 29.2 Å². The minimum Gasteiger partial charge on any atom is -0.493 e. The predicted molar refractivity (Wildman–Crippen MR) is 131 cm³/mol. The lowest BCUT2D eigenvalue weighted by Crippen LogP contribution is -2.41. The average Bonchev–Trinajstić information content (AvgIpc) is 3.03. The van der Waals surface area contributed by atoms with Crippen LogP contribution in [-0.2, 0) is 6.42 Å². The molecule has 0 saturated heterocycles. The molecule has 1 atom stereocenters. The smallest absolute Gasteiger partial charge is 0.337 e. The van der Waals surface area contributed by atoms with Crippen LogP contribution < -0.4 is 14.8 Å². The number of carbonyl (C=O) groups excluding carboxylic acids is 1. The topological polar surface area (TPSA) is 87.0 Å². The van der Waals surface area contributed by atoms with Crippen LogP contribution in [0.15, 0.2) is 59.7 Å². The Hall–Kier alpha value is -4.38. The first-order valence-corrected chi connectivity index (χ1v) is 11.1. The van der Waals surface area contributed by atoms with Crippen molar-refractivity contribution in [1.82, 2.24) is 10.3 Å². The van der Waals surface area contributed by atoms with Crippen molar-refractivity contribution in [2.24, 2.45) is 5.10 Å². The molecule has 1 heterocycles. The van der Waals surface area contributed by atoms with Gasteiger partial charge in [0.25, 0.3) is 0 Å². The molecular weight excluding hydrogens is 447 g/mol. The highest BCUT2D eigenvalue weighted by Crippen LogP contribution is 2.35. The van der Waals surface area contributed by atoms with E-state index in [-0.39, 0.29) is 17.6 Å². The molecule has 178 valence electrons. The van der Waals surface area contributed by atoms with Crippen molar-refractivity contribution in [2.75, 3.05) is 21.3 Å². The number of hydrogen-bond donors (Lipinski definition) is 1. The zero-order valence-corrected chi connectivity index (χ0v) is 19.9. The summed E-state index contributed by atoms with van der Waals surface area (Å²) in [7, 11) is 4.73. The van der Waals surface area contributed by atoms with E-state index in [2.05, 4.69) is 5.32 Å². The Morgan fingerprint density at radius 2 is 1.69 bits per heavy atom. The van der Waals surface area contributed by atoms with Crippen molar-refractivity contribution in [3.05, 3.63) is 82.7 Å². The lowest BCUT2D eigenvalue weighted by atomic mass is 9.93. The van der Waals surface area contributed by atoms with Gasteiger partial charge in [-0.1, -0.05) is 30.3 Å². The first-order valence-electron chi connectivity index (χ1n) is 11.1. The van der Waals surface area contributed by atoms with E-state index < -0.39 is 5.82 Å². The molecule has 1 N–H and O–H groups in total. The van der Waals surface area contributed by atoms with Gasteiger partial charge >= 0.3 is 6.03 Å². The molecule has 7 nitrogen and oxygen atoms in total. The minimum atomic E-state index is -0.551. The van der Waals surface area contributed by atoms with Crippen LogP contribution in [0.4, 0.5) is 9.18 Å². The second-order valence-electron chi connectivity index (χ2n) is 8.15. The van der Waals surface area contributed by atoms with E-state index in [1.54, 1.807) is 27.3 Å². The molecule has 35 heavy (non-hydrogen) atoms. The molecular formula is C27H25FN4O3. The maximum absolute atomic E-state index is 13.8. The van der Waals surface area contributed by atoms with Crippen LogP contribution in [0.2, 0.25) is 0 Å². The molecule has 1 unspecified atom stereocenters. The first kappa shape index (κ1) is 23.8. The summed E-state index contributed by atoms with van der Waals surface area (Å²) < 4.78 is 24.8. The molecule has 0 fully saturated rings. The first-order chi connectivity index (χ1) is 16.9. The van der Waals surface area contributed by atoms with E-state index in [0.29, 0.717) is 23.6 Å². The number of nitrogens with zero attached hydrogens (tertiary/aromatic N) is 3. The molecule has 0 saturated carbocycles. The fourth-order valence-corrected chi connectivity index (χ4v) is 4.16. The molecule has 0 radical (unpaired) electrons. The average molecular weight is 473 g/mol. The zero-order chi connectivity index (χ0) is 25.1. The van der Waals surface area contributed by atoms with E-state index in [1.807, 2.05) is 49.4 Å². The van der Waals surface area contributed by atoms with Gasteiger partial charge < -0.3 is 14.8 Å². The maximum atomic E-state index is 13.8. The van der Waals surface area contributed by atoms with Crippen LogP contribution in [0.3, 0.4) is 0 Å². The van der Waals surface area contributed by atoms with Crippen LogP contribution in [-0.4, -0.2) is 44.1 Å². The van der Waals surface area contributed by atoms with E-state index in [4.69, 9.17) is 19.8 Å². The van der Waals surface area contributed by atoms with Crippen LogP contribution in [0, 0.1) is 17.1 Å². The summed E-state index contributed by atoms with van der Waals surface area (Å²) in [5.74, 6) is 0.614. The molecule has 0 aliphatic carbocycles. The summed E-state index contributed by atoms with van der Waals surface area (Å²) in [6.07, 6.45) is 0.570. The van der Waals surface area contributed by atoms with Crippen molar-refractivity contribution in [3.8, 4) is 28.7 Å². The summed E-state index contributed by atoms with van der Waals surface area (Å²) >= 11 is 0. The number of fused-ring (bicyclic) bond motifs is 1. The van der Waals surface area contributed by atoms with Gasteiger partial charge in [0.1, 0.15) is 11.9 Å². The Bertz CT molecular complexity index is 1350. The van der Waals surface area contributed by atoms with Crippen LogP contribution in [0.5, 0.6) is 11.5 Å². The maximum Gasteiger partial charge on any atom is 0.337 e. The number of benzene rings is 3. The third kappa shape index (κ3) is 4.53. The minimum absolute atomic E-state index is 0.00935. The number of rotatable bonds is 4. The molecule has 0 spiro atoms. The number of nitrogens with one attached hydrogen (secondary N) is 1. The largest absolute Gasteiger partial charge is 0.493 e. The summed E-state index contributed by atoms with van der Waals surface area (Å²) in [6, 6.07) is 17.1. The summed E-state index contributed by atoms with van der Waals surface area (Å²) in [5.41, 5.74) is 4.74. The second kappa shape index (κ2) is 9.85. The van der Waals surface area contributed by atoms with Gasteiger partial charge in [-0.05, 0) is 54.3 Å². The van der Waals surface area contributed by atoms with Crippen molar-refractivity contribution in [3.63, 3.8) is 0 Å². The fourth-order valence-electron chi connectivity index (χ4n) is 4.16. The number of halogens is 1. The number of nitriles is 1. The van der Waals surface area contributed by atoms with Gasteiger partial charge in [-0.3, -0.25) is 0 Å². The van der Waals surface area contributed by atoms with Crippen molar-refractivity contribution >= 4 is 11.7 Å². The SMILES string of the molecule is CNC(=O)N1N=C(c2ccc(-c3ccc(F)c(C#N)c3)cc2)c2cc(OC)c(OC)cc2CC1C. The Kier molecular flexibility index (Phi) is 6.69. The molecule has 1 aliphatic rings. The van der Waals surface area contributed by atoms with E-state index >= 15 is 0 Å². The van der Waals surface area contributed by atoms with Crippen molar-refractivity contribution < 1.29 is 18.7 Å². The summed E-state index contributed by atoms with van der Waals surface area (Å²) in [4.78, 5) is 12.6. The van der Waals surface area contributed by atoms with Crippen molar-refractivity contribution in [1.29, 1.82) is 5.26 Å². The van der Waals surface area contributed by atoms with Crippen molar-refractivity contribution in [2.45, 2.75) is 19.4 Å². The van der Waals surface area contributed by atoms with E-state index in [0.717, 1.165) is 27.8 Å². The lowest BCUT2D eigenvalue weighted by Gasteiger charge is -2.22. The summed E-state index contributed by atoms with van der Waals surface area (Å²) in [5, 5.41) is 18.0. The number of carbonyl (C=O) groups is 1. The third-order valence-electron chi connectivity index (χ3n) is 6.01. The monoisotopic (exact) mass is 472 g/mol. The van der Waals surface area contributed by atoms with Gasteiger partial charge in [-0.25, -0.2) is 14.2 Å². The van der Waals surface area contributed by atoms with Gasteiger partial charge in [-0.15, -0.1) is 0 Å². The Morgan fingerprint density at radius 3 is 2.31 bits per heavy atom. The van der Waals surface area contributed by atoms with Crippen LogP contribution in [0.25, 0.3) is 11.1 Å². The number of methoxy groups -OCH3 is 2.